The van der Waals surface area contributed by atoms with E-state index in [1.165, 1.54) is 12.1 Å². The number of aliphatic hydroxyl groups excluding tert-OH is 1. The van der Waals surface area contributed by atoms with E-state index >= 15 is 0 Å². The van der Waals surface area contributed by atoms with E-state index in [0.717, 1.165) is 6.07 Å². The van der Waals surface area contributed by atoms with E-state index in [1.807, 2.05) is 13.8 Å². The molecule has 3 N–H and O–H groups in total. The Morgan fingerprint density at radius 2 is 2.00 bits per heavy atom. The summed E-state index contributed by atoms with van der Waals surface area (Å²) in [6.07, 6.45) is 0.450. The maximum absolute atomic E-state index is 12.3. The molecule has 0 spiro atoms. The number of hydrogen-bond acceptors (Lipinski definition) is 4. The topological polar surface area (TPSA) is 104 Å². The van der Waals surface area contributed by atoms with E-state index in [2.05, 4.69) is 4.72 Å². The second-order valence-electron chi connectivity index (χ2n) is 5.08. The zero-order valence-corrected chi connectivity index (χ0v) is 13.3. The lowest BCUT2D eigenvalue weighted by Gasteiger charge is -2.18. The average Bonchev–Trinajstić information content (AvgIpc) is 2.36. The molecular weight excluding hydrogens is 318 g/mol. The molecule has 0 aliphatic heterocycles. The highest BCUT2D eigenvalue weighted by atomic mass is 35.5. The van der Waals surface area contributed by atoms with Crippen LogP contribution in [0.15, 0.2) is 23.1 Å². The number of carboxylic acids is 1. The molecule has 0 bridgehead atoms. The SMILES string of the molecule is CC(C)CC(CO)NS(=O)(=O)c1cc(C(=O)O)ccc1Cl. The van der Waals surface area contributed by atoms with Gasteiger partial charge >= 0.3 is 5.97 Å². The fraction of sp³-hybridized carbons (Fsp3) is 0.462. The first-order valence-electron chi connectivity index (χ1n) is 6.33. The average molecular weight is 336 g/mol. The van der Waals surface area contributed by atoms with Crippen LogP contribution in [-0.4, -0.2) is 37.2 Å². The van der Waals surface area contributed by atoms with Gasteiger partial charge in [0.1, 0.15) is 4.90 Å². The first-order chi connectivity index (χ1) is 9.67. The van der Waals surface area contributed by atoms with Crippen LogP contribution < -0.4 is 4.72 Å². The van der Waals surface area contributed by atoms with Crippen molar-refractivity contribution in [1.82, 2.24) is 4.72 Å². The number of hydrogen-bond donors (Lipinski definition) is 3. The molecule has 0 aliphatic rings. The van der Waals surface area contributed by atoms with Crippen molar-refractivity contribution >= 4 is 27.6 Å². The predicted octanol–water partition coefficient (Wildman–Crippen LogP) is 1.72. The number of sulfonamides is 1. The number of carbonyl (C=O) groups is 1. The van der Waals surface area contributed by atoms with Crippen LogP contribution in [0.3, 0.4) is 0 Å². The third kappa shape index (κ3) is 4.96. The number of aromatic carboxylic acids is 1. The van der Waals surface area contributed by atoms with Gasteiger partial charge in [-0.15, -0.1) is 0 Å². The number of halogens is 1. The molecule has 0 amide bonds. The van der Waals surface area contributed by atoms with E-state index in [0.29, 0.717) is 6.42 Å². The quantitative estimate of drug-likeness (QED) is 0.704. The van der Waals surface area contributed by atoms with Crippen molar-refractivity contribution in [2.45, 2.75) is 31.2 Å². The van der Waals surface area contributed by atoms with Crippen LogP contribution >= 0.6 is 11.6 Å². The zero-order chi connectivity index (χ0) is 16.2. The third-order valence-electron chi connectivity index (χ3n) is 2.77. The Labute approximate surface area is 128 Å². The van der Waals surface area contributed by atoms with Gasteiger partial charge in [-0.05, 0) is 30.5 Å². The summed E-state index contributed by atoms with van der Waals surface area (Å²) < 4.78 is 26.9. The third-order valence-corrected chi connectivity index (χ3v) is 4.77. The van der Waals surface area contributed by atoms with E-state index in [-0.39, 0.29) is 28.0 Å². The largest absolute Gasteiger partial charge is 0.478 e. The number of benzene rings is 1. The van der Waals surface area contributed by atoms with Gasteiger partial charge in [-0.2, -0.15) is 0 Å². The monoisotopic (exact) mass is 335 g/mol. The molecule has 0 aromatic heterocycles. The van der Waals surface area contributed by atoms with Gasteiger partial charge in [0.2, 0.25) is 10.0 Å². The van der Waals surface area contributed by atoms with Crippen LogP contribution in [0.2, 0.25) is 5.02 Å². The molecule has 6 nitrogen and oxygen atoms in total. The number of carboxylic acid groups (broad SMARTS) is 1. The minimum absolute atomic E-state index is 0.0752. The van der Waals surface area contributed by atoms with Crippen LogP contribution in [0, 0.1) is 5.92 Å². The summed E-state index contributed by atoms with van der Waals surface area (Å²) in [5.41, 5.74) is -0.177. The van der Waals surface area contributed by atoms with Gasteiger partial charge in [-0.1, -0.05) is 25.4 Å². The van der Waals surface area contributed by atoms with Crippen LogP contribution in [-0.2, 0) is 10.0 Å². The molecule has 0 fully saturated rings. The first kappa shape index (κ1) is 17.9. The van der Waals surface area contributed by atoms with Crippen molar-refractivity contribution in [2.24, 2.45) is 5.92 Å². The molecule has 118 valence electrons. The summed E-state index contributed by atoms with van der Waals surface area (Å²) in [6, 6.07) is 2.79. The maximum Gasteiger partial charge on any atom is 0.335 e. The lowest BCUT2D eigenvalue weighted by molar-refractivity contribution is 0.0696. The van der Waals surface area contributed by atoms with Crippen molar-refractivity contribution in [2.75, 3.05) is 6.61 Å². The summed E-state index contributed by atoms with van der Waals surface area (Å²) in [6.45, 7) is 3.44. The Hall–Kier alpha value is -1.15. The highest BCUT2D eigenvalue weighted by molar-refractivity contribution is 7.89. The van der Waals surface area contributed by atoms with Crippen LogP contribution in [0.4, 0.5) is 0 Å². The van der Waals surface area contributed by atoms with Gasteiger partial charge in [0.15, 0.2) is 0 Å². The van der Waals surface area contributed by atoms with E-state index in [9.17, 15) is 18.3 Å². The Bertz CT molecular complexity index is 615. The van der Waals surface area contributed by atoms with Gasteiger partial charge < -0.3 is 10.2 Å². The van der Waals surface area contributed by atoms with Gasteiger partial charge in [-0.3, -0.25) is 0 Å². The standard InChI is InChI=1S/C13H18ClNO5S/c1-8(2)5-10(7-16)15-21(19,20)12-6-9(13(17)18)3-4-11(12)14/h3-4,6,8,10,15-16H,5,7H2,1-2H3,(H,17,18). The molecule has 21 heavy (non-hydrogen) atoms. The van der Waals surface area contributed by atoms with Crippen LogP contribution in [0.1, 0.15) is 30.6 Å². The first-order valence-corrected chi connectivity index (χ1v) is 8.19. The van der Waals surface area contributed by atoms with Crippen LogP contribution in [0.5, 0.6) is 0 Å². The molecule has 0 aliphatic carbocycles. The lowest BCUT2D eigenvalue weighted by atomic mass is 10.1. The Morgan fingerprint density at radius 1 is 1.38 bits per heavy atom. The Morgan fingerprint density at radius 3 is 2.48 bits per heavy atom. The van der Waals surface area contributed by atoms with Crippen molar-refractivity contribution in [1.29, 1.82) is 0 Å². The van der Waals surface area contributed by atoms with Crippen molar-refractivity contribution in [3.8, 4) is 0 Å². The molecule has 0 radical (unpaired) electrons. The fourth-order valence-corrected chi connectivity index (χ4v) is 3.62. The summed E-state index contributed by atoms with van der Waals surface area (Å²) >= 11 is 5.84. The fourth-order valence-electron chi connectivity index (χ4n) is 1.85. The molecule has 0 saturated carbocycles. The summed E-state index contributed by atoms with van der Waals surface area (Å²) in [4.78, 5) is 10.6. The second kappa shape index (κ2) is 7.22. The van der Waals surface area contributed by atoms with E-state index in [1.54, 1.807) is 0 Å². The van der Waals surface area contributed by atoms with Gasteiger partial charge in [0.05, 0.1) is 17.2 Å². The van der Waals surface area contributed by atoms with Gasteiger partial charge in [0.25, 0.3) is 0 Å². The smallest absolute Gasteiger partial charge is 0.335 e. The molecule has 1 aromatic rings. The Balaban J connectivity index is 3.12. The highest BCUT2D eigenvalue weighted by Crippen LogP contribution is 2.23. The second-order valence-corrected chi connectivity index (χ2v) is 7.17. The van der Waals surface area contributed by atoms with Crippen molar-refractivity contribution < 1.29 is 23.4 Å². The minimum Gasteiger partial charge on any atom is -0.478 e. The molecule has 1 unspecified atom stereocenters. The molecule has 1 rings (SSSR count). The molecule has 1 aromatic carbocycles. The minimum atomic E-state index is -4.01. The molecule has 0 saturated heterocycles. The predicted molar refractivity (Wildman–Crippen MR) is 79.1 cm³/mol. The molecule has 1 atom stereocenters. The number of aliphatic hydroxyl groups is 1. The molecule has 8 heteroatoms. The highest BCUT2D eigenvalue weighted by Gasteiger charge is 2.24. The van der Waals surface area contributed by atoms with Crippen LogP contribution in [0.25, 0.3) is 0 Å². The van der Waals surface area contributed by atoms with E-state index in [4.69, 9.17) is 16.7 Å². The summed E-state index contributed by atoms with van der Waals surface area (Å²) in [5, 5.41) is 18.1. The number of rotatable bonds is 7. The van der Waals surface area contributed by atoms with E-state index < -0.39 is 22.0 Å². The molecular formula is C13H18ClNO5S. The van der Waals surface area contributed by atoms with Crippen molar-refractivity contribution in [3.63, 3.8) is 0 Å². The lowest BCUT2D eigenvalue weighted by Crippen LogP contribution is -2.38. The van der Waals surface area contributed by atoms with Gasteiger partial charge in [0, 0.05) is 6.04 Å². The maximum atomic E-state index is 12.3. The Kier molecular flexibility index (Phi) is 6.15. The summed E-state index contributed by atoms with van der Waals surface area (Å²) in [7, 11) is -4.01. The normalized spacial score (nSPS) is 13.4. The summed E-state index contributed by atoms with van der Waals surface area (Å²) in [5.74, 6) is -1.06. The van der Waals surface area contributed by atoms with Gasteiger partial charge in [-0.25, -0.2) is 17.9 Å². The molecule has 0 heterocycles. The zero-order valence-electron chi connectivity index (χ0n) is 11.7. The number of nitrogens with one attached hydrogen (secondary N) is 1. The van der Waals surface area contributed by atoms with Crippen molar-refractivity contribution in [3.05, 3.63) is 28.8 Å².